The first-order valence-corrected chi connectivity index (χ1v) is 2.59. The van der Waals surface area contributed by atoms with Gasteiger partial charge >= 0.3 is 0 Å². The second-order valence-corrected chi connectivity index (χ2v) is 1.72. The second kappa shape index (κ2) is 2.51. The van der Waals surface area contributed by atoms with Gasteiger partial charge in [-0.3, -0.25) is 0 Å². The average molecular weight is 123 g/mol. The fourth-order valence-electron chi connectivity index (χ4n) is 0.605. The lowest BCUT2D eigenvalue weighted by atomic mass is 10.2. The Morgan fingerprint density at radius 3 is 2.56 bits per heavy atom. The first kappa shape index (κ1) is 6.11. The minimum absolute atomic E-state index is 0.165. The minimum atomic E-state index is 0.165. The van der Waals surface area contributed by atoms with Crippen molar-refractivity contribution in [3.63, 3.8) is 0 Å². The van der Waals surface area contributed by atoms with E-state index in [-0.39, 0.29) is 5.75 Å². The summed E-state index contributed by atoms with van der Waals surface area (Å²) in [4.78, 5) is 0. The highest BCUT2D eigenvalue weighted by Crippen LogP contribution is 2.10. The number of aromatic hydroxyl groups is 1. The average Bonchev–Trinajstić information content (AvgIpc) is 1.88. The van der Waals surface area contributed by atoms with Gasteiger partial charge in [-0.05, 0) is 17.7 Å². The first-order chi connectivity index (χ1) is 4.33. The van der Waals surface area contributed by atoms with Gasteiger partial charge in [0.25, 0.3) is 0 Å². The van der Waals surface area contributed by atoms with Crippen molar-refractivity contribution in [2.24, 2.45) is 0 Å². The zero-order valence-electron chi connectivity index (χ0n) is 4.78. The van der Waals surface area contributed by atoms with Gasteiger partial charge in [0.2, 0.25) is 0 Å². The Morgan fingerprint density at radius 1 is 1.33 bits per heavy atom. The molecule has 2 heteroatoms. The quantitative estimate of drug-likeness (QED) is 0.590. The highest BCUT2D eigenvalue weighted by molar-refractivity contribution is 5.29. The van der Waals surface area contributed by atoms with Gasteiger partial charge in [0, 0.05) is 0 Å². The first-order valence-electron chi connectivity index (χ1n) is 2.59. The Hall–Kier alpha value is -1.02. The van der Waals surface area contributed by atoms with Crippen LogP contribution in [0.1, 0.15) is 5.56 Å². The van der Waals surface area contributed by atoms with E-state index in [1.807, 2.05) is 0 Å². The van der Waals surface area contributed by atoms with Crippen LogP contribution in [-0.2, 0) is 0 Å². The summed E-state index contributed by atoms with van der Waals surface area (Å²) in [6.07, 6.45) is 0. The van der Waals surface area contributed by atoms with Crippen LogP contribution < -0.4 is 0 Å². The Kier molecular flexibility index (Phi) is 1.70. The van der Waals surface area contributed by atoms with Gasteiger partial charge < -0.3 is 10.2 Å². The third-order valence-electron chi connectivity index (χ3n) is 1.02. The van der Waals surface area contributed by atoms with E-state index in [1.165, 1.54) is 6.07 Å². The maximum atomic E-state index is 8.81. The van der Waals surface area contributed by atoms with Crippen LogP contribution in [0.4, 0.5) is 0 Å². The molecule has 0 unspecified atom stereocenters. The molecular weight excluding hydrogens is 116 g/mol. The minimum Gasteiger partial charge on any atom is -0.508 e. The predicted molar refractivity (Wildman–Crippen MR) is 33.4 cm³/mol. The summed E-state index contributed by atoms with van der Waals surface area (Å²) in [6.45, 7) is 0.944. The third-order valence-corrected chi connectivity index (χ3v) is 1.02. The smallest absolute Gasteiger partial charge is 0.115 e. The van der Waals surface area contributed by atoms with Crippen molar-refractivity contribution < 1.29 is 10.2 Å². The molecule has 0 bridgehead atoms. The molecule has 0 aliphatic carbocycles. The van der Waals surface area contributed by atoms with E-state index in [0.717, 1.165) is 6.61 Å². The third kappa shape index (κ3) is 1.44. The molecule has 1 radical (unpaired) electrons. The Morgan fingerprint density at radius 2 is 2.11 bits per heavy atom. The number of aliphatic hydroxyl groups is 1. The van der Waals surface area contributed by atoms with Gasteiger partial charge in [-0.15, -0.1) is 0 Å². The molecule has 1 aromatic rings. The zero-order valence-corrected chi connectivity index (χ0v) is 4.78. The Bertz CT molecular complexity index is 196. The molecule has 0 heterocycles. The normalized spacial score (nSPS) is 9.44. The maximum Gasteiger partial charge on any atom is 0.115 e. The largest absolute Gasteiger partial charge is 0.508 e. The van der Waals surface area contributed by atoms with Crippen LogP contribution in [-0.4, -0.2) is 10.2 Å². The van der Waals surface area contributed by atoms with E-state index < -0.39 is 0 Å². The molecule has 9 heavy (non-hydrogen) atoms. The lowest BCUT2D eigenvalue weighted by Gasteiger charge is -1.93. The van der Waals surface area contributed by atoms with E-state index in [9.17, 15) is 0 Å². The number of phenolic OH excluding ortho intramolecular Hbond substituents is 1. The number of aliphatic hydroxyl groups excluding tert-OH is 1. The molecule has 0 fully saturated rings. The second-order valence-electron chi connectivity index (χ2n) is 1.72. The van der Waals surface area contributed by atoms with E-state index >= 15 is 0 Å². The van der Waals surface area contributed by atoms with Crippen molar-refractivity contribution in [3.05, 3.63) is 36.4 Å². The zero-order chi connectivity index (χ0) is 6.69. The van der Waals surface area contributed by atoms with Crippen LogP contribution >= 0.6 is 0 Å². The summed E-state index contributed by atoms with van der Waals surface area (Å²) in [5.41, 5.74) is 0.606. The monoisotopic (exact) mass is 123 g/mol. The molecule has 0 saturated carbocycles. The fraction of sp³-hybridized carbons (Fsp3) is 0. The van der Waals surface area contributed by atoms with E-state index in [0.29, 0.717) is 5.56 Å². The highest BCUT2D eigenvalue weighted by Gasteiger charge is 1.89. The molecular formula is C7H7O2. The maximum absolute atomic E-state index is 8.81. The number of phenols is 1. The van der Waals surface area contributed by atoms with E-state index in [2.05, 4.69) is 0 Å². The summed E-state index contributed by atoms with van der Waals surface area (Å²) in [7, 11) is 0. The summed E-state index contributed by atoms with van der Waals surface area (Å²) >= 11 is 0. The lowest BCUT2D eigenvalue weighted by molar-refractivity contribution is 0.413. The summed E-state index contributed by atoms with van der Waals surface area (Å²) in [5, 5.41) is 17.2. The van der Waals surface area contributed by atoms with Crippen molar-refractivity contribution in [2.45, 2.75) is 0 Å². The number of benzene rings is 1. The van der Waals surface area contributed by atoms with Crippen LogP contribution in [0.2, 0.25) is 0 Å². The van der Waals surface area contributed by atoms with E-state index in [4.69, 9.17) is 10.2 Å². The highest BCUT2D eigenvalue weighted by atomic mass is 16.3. The molecule has 0 aliphatic rings. The van der Waals surface area contributed by atoms with Crippen molar-refractivity contribution in [1.29, 1.82) is 0 Å². The summed E-state index contributed by atoms with van der Waals surface area (Å²) in [6, 6.07) is 6.38. The van der Waals surface area contributed by atoms with Gasteiger partial charge in [-0.25, -0.2) is 0 Å². The molecule has 1 rings (SSSR count). The van der Waals surface area contributed by atoms with Crippen LogP contribution in [0.3, 0.4) is 0 Å². The van der Waals surface area contributed by atoms with Crippen molar-refractivity contribution in [3.8, 4) is 5.75 Å². The fourth-order valence-corrected chi connectivity index (χ4v) is 0.605. The molecule has 2 nitrogen and oxygen atoms in total. The van der Waals surface area contributed by atoms with Crippen LogP contribution in [0.15, 0.2) is 24.3 Å². The summed E-state index contributed by atoms with van der Waals surface area (Å²) < 4.78 is 0. The number of hydrogen-bond acceptors (Lipinski definition) is 2. The predicted octanol–water partition coefficient (Wildman–Crippen LogP) is 1.27. The molecule has 1 aromatic carbocycles. The Balaban J connectivity index is 2.94. The van der Waals surface area contributed by atoms with Gasteiger partial charge in [0.15, 0.2) is 0 Å². The van der Waals surface area contributed by atoms with E-state index in [1.54, 1.807) is 18.2 Å². The SMILES string of the molecule is O[CH]c1cccc(O)c1. The molecule has 0 saturated heterocycles. The van der Waals surface area contributed by atoms with Crippen LogP contribution in [0.5, 0.6) is 5.75 Å². The molecule has 0 amide bonds. The van der Waals surface area contributed by atoms with Crippen LogP contribution in [0, 0.1) is 6.61 Å². The van der Waals surface area contributed by atoms with Gasteiger partial charge in [-0.2, -0.15) is 0 Å². The molecule has 0 aromatic heterocycles. The lowest BCUT2D eigenvalue weighted by Crippen LogP contribution is -1.76. The molecule has 0 atom stereocenters. The molecule has 47 valence electrons. The molecule has 0 spiro atoms. The standard InChI is InChI=1S/C7H7O2/c8-5-6-2-1-3-7(9)4-6/h1-5,8-9H. The van der Waals surface area contributed by atoms with Gasteiger partial charge in [-0.1, -0.05) is 12.1 Å². The number of rotatable bonds is 1. The van der Waals surface area contributed by atoms with Gasteiger partial charge in [0.1, 0.15) is 12.4 Å². The van der Waals surface area contributed by atoms with Gasteiger partial charge in [0.05, 0.1) is 0 Å². The van der Waals surface area contributed by atoms with Crippen LogP contribution in [0.25, 0.3) is 0 Å². The summed E-state index contributed by atoms with van der Waals surface area (Å²) in [5.74, 6) is 0.165. The van der Waals surface area contributed by atoms with Crippen molar-refractivity contribution in [1.82, 2.24) is 0 Å². The van der Waals surface area contributed by atoms with Crippen molar-refractivity contribution in [2.75, 3.05) is 0 Å². The number of hydrogen-bond donors (Lipinski definition) is 2. The topological polar surface area (TPSA) is 40.5 Å². The molecule has 2 N–H and O–H groups in total. The van der Waals surface area contributed by atoms with Crippen molar-refractivity contribution >= 4 is 0 Å². The Labute approximate surface area is 53.4 Å². The molecule has 0 aliphatic heterocycles.